The average molecular weight is 236 g/mol. The first kappa shape index (κ1) is 13.0. The van der Waals surface area contributed by atoms with Gasteiger partial charge in [0.2, 0.25) is 5.91 Å². The van der Waals surface area contributed by atoms with Crippen LogP contribution in [0.15, 0.2) is 18.3 Å². The van der Waals surface area contributed by atoms with Gasteiger partial charge in [0.15, 0.2) is 0 Å². The van der Waals surface area contributed by atoms with Crippen molar-refractivity contribution >= 4 is 17.6 Å². The minimum absolute atomic E-state index is 0.136. The number of rotatable bonds is 6. The van der Waals surface area contributed by atoms with E-state index in [1.807, 2.05) is 6.92 Å². The van der Waals surface area contributed by atoms with Crippen molar-refractivity contribution in [2.45, 2.75) is 13.3 Å². The zero-order chi connectivity index (χ0) is 12.7. The van der Waals surface area contributed by atoms with Gasteiger partial charge in [0.1, 0.15) is 5.82 Å². The maximum Gasteiger partial charge on any atom is 0.251 e. The van der Waals surface area contributed by atoms with Crippen LogP contribution in [0.25, 0.3) is 0 Å². The van der Waals surface area contributed by atoms with Crippen LogP contribution in [0.1, 0.15) is 23.7 Å². The summed E-state index contributed by atoms with van der Waals surface area (Å²) in [6, 6.07) is 3.27. The van der Waals surface area contributed by atoms with Gasteiger partial charge in [-0.05, 0) is 19.1 Å². The maximum absolute atomic E-state index is 11.7. The van der Waals surface area contributed by atoms with E-state index in [9.17, 15) is 9.59 Å². The molecule has 6 heteroatoms. The van der Waals surface area contributed by atoms with Crippen molar-refractivity contribution in [2.75, 3.05) is 18.4 Å². The third kappa shape index (κ3) is 4.50. The van der Waals surface area contributed by atoms with Crippen LogP contribution in [-0.4, -0.2) is 29.9 Å². The standard InChI is InChI=1S/C11H16N4O2/c1-2-13-10-7-8(3-5-14-10)11(17)15-6-4-9(12)16/h3,5,7H,2,4,6H2,1H3,(H2,12,16)(H,13,14)(H,15,17). The van der Waals surface area contributed by atoms with Gasteiger partial charge < -0.3 is 16.4 Å². The van der Waals surface area contributed by atoms with Crippen molar-refractivity contribution < 1.29 is 9.59 Å². The second-order valence-electron chi connectivity index (χ2n) is 3.43. The molecule has 1 aromatic heterocycles. The number of amides is 2. The SMILES string of the molecule is CCNc1cc(C(=O)NCCC(N)=O)ccn1. The summed E-state index contributed by atoms with van der Waals surface area (Å²) in [5.41, 5.74) is 5.47. The van der Waals surface area contributed by atoms with E-state index in [0.29, 0.717) is 11.4 Å². The fourth-order valence-corrected chi connectivity index (χ4v) is 1.25. The molecule has 0 aliphatic carbocycles. The Balaban J connectivity index is 2.56. The molecule has 0 aliphatic heterocycles. The van der Waals surface area contributed by atoms with Crippen LogP contribution in [0.2, 0.25) is 0 Å². The monoisotopic (exact) mass is 236 g/mol. The summed E-state index contributed by atoms with van der Waals surface area (Å²) in [7, 11) is 0. The molecule has 6 nitrogen and oxygen atoms in total. The smallest absolute Gasteiger partial charge is 0.251 e. The second-order valence-corrected chi connectivity index (χ2v) is 3.43. The normalized spacial score (nSPS) is 9.71. The second kappa shape index (κ2) is 6.47. The van der Waals surface area contributed by atoms with E-state index in [1.54, 1.807) is 18.3 Å². The summed E-state index contributed by atoms with van der Waals surface area (Å²) in [4.78, 5) is 26.2. The van der Waals surface area contributed by atoms with Gasteiger partial charge in [-0.1, -0.05) is 0 Å². The van der Waals surface area contributed by atoms with Crippen LogP contribution in [-0.2, 0) is 4.79 Å². The van der Waals surface area contributed by atoms with Gasteiger partial charge in [-0.25, -0.2) is 4.98 Å². The Kier molecular flexibility index (Phi) is 4.93. The average Bonchev–Trinajstić information content (AvgIpc) is 2.29. The maximum atomic E-state index is 11.7. The Morgan fingerprint density at radius 1 is 1.47 bits per heavy atom. The van der Waals surface area contributed by atoms with Crippen LogP contribution in [0.4, 0.5) is 5.82 Å². The number of aromatic nitrogens is 1. The molecule has 0 atom stereocenters. The third-order valence-corrected chi connectivity index (χ3v) is 2.04. The van der Waals surface area contributed by atoms with Crippen LogP contribution >= 0.6 is 0 Å². The number of hydrogen-bond acceptors (Lipinski definition) is 4. The number of nitrogens with zero attached hydrogens (tertiary/aromatic N) is 1. The third-order valence-electron chi connectivity index (χ3n) is 2.04. The molecule has 1 heterocycles. The number of pyridine rings is 1. The lowest BCUT2D eigenvalue weighted by molar-refractivity contribution is -0.117. The van der Waals surface area contributed by atoms with Gasteiger partial charge in [0.05, 0.1) is 0 Å². The van der Waals surface area contributed by atoms with Crippen molar-refractivity contribution in [1.29, 1.82) is 0 Å². The molecule has 0 aliphatic rings. The molecular weight excluding hydrogens is 220 g/mol. The van der Waals surface area contributed by atoms with Crippen LogP contribution in [0, 0.1) is 0 Å². The molecule has 0 saturated carbocycles. The molecule has 1 rings (SSSR count). The van der Waals surface area contributed by atoms with Crippen molar-refractivity contribution in [3.05, 3.63) is 23.9 Å². The topological polar surface area (TPSA) is 97.1 Å². The summed E-state index contributed by atoms with van der Waals surface area (Å²) in [6.45, 7) is 2.92. The number of nitrogens with one attached hydrogen (secondary N) is 2. The largest absolute Gasteiger partial charge is 0.370 e. The van der Waals surface area contributed by atoms with E-state index in [-0.39, 0.29) is 18.9 Å². The molecule has 1 aromatic rings. The molecule has 92 valence electrons. The molecule has 0 radical (unpaired) electrons. The first-order valence-corrected chi connectivity index (χ1v) is 5.40. The fourth-order valence-electron chi connectivity index (χ4n) is 1.25. The predicted octanol–water partition coefficient (Wildman–Crippen LogP) is 0.119. The molecule has 2 amide bonds. The molecule has 0 spiro atoms. The summed E-state index contributed by atoms with van der Waals surface area (Å²) < 4.78 is 0. The lowest BCUT2D eigenvalue weighted by Gasteiger charge is -2.06. The highest BCUT2D eigenvalue weighted by Crippen LogP contribution is 2.06. The number of carbonyl (C=O) groups excluding carboxylic acids is 2. The number of primary amides is 1. The van der Waals surface area contributed by atoms with E-state index in [2.05, 4.69) is 15.6 Å². The number of anilines is 1. The Labute approximate surface area is 99.6 Å². The van der Waals surface area contributed by atoms with E-state index in [0.717, 1.165) is 6.54 Å². The van der Waals surface area contributed by atoms with Gasteiger partial charge in [-0.15, -0.1) is 0 Å². The number of hydrogen-bond donors (Lipinski definition) is 3. The predicted molar refractivity (Wildman–Crippen MR) is 64.5 cm³/mol. The van der Waals surface area contributed by atoms with Crippen LogP contribution in [0.5, 0.6) is 0 Å². The minimum Gasteiger partial charge on any atom is -0.370 e. The molecule has 0 saturated heterocycles. The first-order chi connectivity index (χ1) is 8.13. The highest BCUT2D eigenvalue weighted by atomic mass is 16.2. The Bertz CT molecular complexity index is 406. The van der Waals surface area contributed by atoms with Crippen molar-refractivity contribution in [1.82, 2.24) is 10.3 Å². The zero-order valence-electron chi connectivity index (χ0n) is 9.69. The van der Waals surface area contributed by atoms with E-state index < -0.39 is 5.91 Å². The van der Waals surface area contributed by atoms with Gasteiger partial charge in [0.25, 0.3) is 5.91 Å². The highest BCUT2D eigenvalue weighted by Gasteiger charge is 2.06. The molecule has 0 fully saturated rings. The van der Waals surface area contributed by atoms with Gasteiger partial charge >= 0.3 is 0 Å². The molecule has 0 unspecified atom stereocenters. The van der Waals surface area contributed by atoms with E-state index in [4.69, 9.17) is 5.73 Å². The lowest BCUT2D eigenvalue weighted by Crippen LogP contribution is -2.27. The highest BCUT2D eigenvalue weighted by molar-refractivity contribution is 5.95. The molecular formula is C11H16N4O2. The Morgan fingerprint density at radius 3 is 2.88 bits per heavy atom. The van der Waals surface area contributed by atoms with Gasteiger partial charge in [-0.3, -0.25) is 9.59 Å². The summed E-state index contributed by atoms with van der Waals surface area (Å²) in [5.74, 6) is -0.0313. The van der Waals surface area contributed by atoms with E-state index in [1.165, 1.54) is 0 Å². The quantitative estimate of drug-likeness (QED) is 0.653. The van der Waals surface area contributed by atoms with Crippen LogP contribution in [0.3, 0.4) is 0 Å². The van der Waals surface area contributed by atoms with Gasteiger partial charge in [0, 0.05) is 31.3 Å². The minimum atomic E-state index is -0.437. The van der Waals surface area contributed by atoms with Crippen molar-refractivity contribution in [2.24, 2.45) is 5.73 Å². The lowest BCUT2D eigenvalue weighted by atomic mass is 10.2. The summed E-state index contributed by atoms with van der Waals surface area (Å²) in [6.07, 6.45) is 1.69. The van der Waals surface area contributed by atoms with Gasteiger partial charge in [-0.2, -0.15) is 0 Å². The zero-order valence-corrected chi connectivity index (χ0v) is 9.69. The van der Waals surface area contributed by atoms with E-state index >= 15 is 0 Å². The summed E-state index contributed by atoms with van der Waals surface area (Å²) in [5, 5.41) is 5.62. The Morgan fingerprint density at radius 2 is 2.24 bits per heavy atom. The number of nitrogens with two attached hydrogens (primary N) is 1. The molecule has 0 bridgehead atoms. The summed E-state index contributed by atoms with van der Waals surface area (Å²) >= 11 is 0. The molecule has 0 aromatic carbocycles. The first-order valence-electron chi connectivity index (χ1n) is 5.40. The van der Waals surface area contributed by atoms with Crippen LogP contribution < -0.4 is 16.4 Å². The fraction of sp³-hybridized carbons (Fsp3) is 0.364. The Hall–Kier alpha value is -2.11. The molecule has 17 heavy (non-hydrogen) atoms. The number of carbonyl (C=O) groups is 2. The molecule has 4 N–H and O–H groups in total. The van der Waals surface area contributed by atoms with Crippen molar-refractivity contribution in [3.63, 3.8) is 0 Å². The van der Waals surface area contributed by atoms with Crippen molar-refractivity contribution in [3.8, 4) is 0 Å².